The van der Waals surface area contributed by atoms with Crippen molar-refractivity contribution in [1.82, 2.24) is 19.7 Å². The lowest BCUT2D eigenvalue weighted by Gasteiger charge is -2.12. The van der Waals surface area contributed by atoms with Crippen molar-refractivity contribution in [3.63, 3.8) is 0 Å². The van der Waals surface area contributed by atoms with Gasteiger partial charge in [0.25, 0.3) is 5.95 Å². The minimum atomic E-state index is 0.250. The maximum Gasteiger partial charge on any atom is 0.253 e. The predicted molar refractivity (Wildman–Crippen MR) is 111 cm³/mol. The van der Waals surface area contributed by atoms with Crippen molar-refractivity contribution in [2.75, 3.05) is 5.75 Å². The molecule has 7 heteroatoms. The fourth-order valence-electron chi connectivity index (χ4n) is 3.63. The Balaban J connectivity index is 1.77. The second-order valence-corrected chi connectivity index (χ2v) is 9.38. The van der Waals surface area contributed by atoms with Crippen LogP contribution in [0.2, 0.25) is 0 Å². The Kier molecular flexibility index (Phi) is 5.32. The van der Waals surface area contributed by atoms with Crippen LogP contribution in [0.5, 0.6) is 0 Å². The number of hydrogen-bond donors (Lipinski definition) is 0. The lowest BCUT2D eigenvalue weighted by atomic mass is 9.97. The molecule has 1 aliphatic carbocycles. The average Bonchev–Trinajstić information content (AvgIpc) is 3.17. The van der Waals surface area contributed by atoms with E-state index in [1.807, 2.05) is 35.9 Å². The van der Waals surface area contributed by atoms with E-state index in [4.69, 9.17) is 9.97 Å². The number of thioether (sulfide) groups is 1. The van der Waals surface area contributed by atoms with Gasteiger partial charge in [-0.15, -0.1) is 23.1 Å². The quantitative estimate of drug-likeness (QED) is 0.337. The molecular formula is C20H24N4OS2. The molecule has 142 valence electrons. The molecule has 5 nitrogen and oxygen atoms in total. The number of carbonyl (C=O) groups excluding carboxylic acids is 1. The van der Waals surface area contributed by atoms with Gasteiger partial charge in [0.2, 0.25) is 0 Å². The molecule has 0 bridgehead atoms. The normalized spacial score (nSPS) is 13.9. The fraction of sp³-hybridized carbons (Fsp3) is 0.500. The zero-order valence-electron chi connectivity index (χ0n) is 16.0. The third-order valence-electron chi connectivity index (χ3n) is 4.88. The highest BCUT2D eigenvalue weighted by atomic mass is 32.2. The van der Waals surface area contributed by atoms with Gasteiger partial charge in [-0.25, -0.2) is 9.67 Å². The first-order chi connectivity index (χ1) is 13.0. The number of thiophene rings is 1. The molecule has 0 fully saturated rings. The topological polar surface area (TPSA) is 60.7 Å². The van der Waals surface area contributed by atoms with Crippen molar-refractivity contribution in [3.05, 3.63) is 27.9 Å². The first-order valence-electron chi connectivity index (χ1n) is 9.51. The Labute approximate surface area is 167 Å². The van der Waals surface area contributed by atoms with Crippen molar-refractivity contribution in [3.8, 4) is 5.95 Å². The number of rotatable bonds is 6. The molecule has 3 aromatic rings. The van der Waals surface area contributed by atoms with Gasteiger partial charge in [-0.05, 0) is 70.3 Å². The van der Waals surface area contributed by atoms with Crippen molar-refractivity contribution < 1.29 is 4.79 Å². The minimum Gasteiger partial charge on any atom is -0.300 e. The molecule has 1 aliphatic rings. The summed E-state index contributed by atoms with van der Waals surface area (Å²) in [7, 11) is 0. The van der Waals surface area contributed by atoms with E-state index >= 15 is 0 Å². The molecule has 3 heterocycles. The SMILES string of the molecule is CC(=O)CCCSc1nc(-n2nc(C)cc2C)nc2sc3c(c12)CCCC3. The van der Waals surface area contributed by atoms with Gasteiger partial charge in [0, 0.05) is 22.4 Å². The monoisotopic (exact) mass is 400 g/mol. The standard InChI is InChI=1S/C20H24N4OS2/c1-12-11-13(2)24(23-12)20-21-18(26-10-6-7-14(3)25)17-15-8-4-5-9-16(15)27-19(17)22-20/h11H,4-10H2,1-3H3. The van der Waals surface area contributed by atoms with Gasteiger partial charge in [-0.3, -0.25) is 0 Å². The van der Waals surface area contributed by atoms with Crippen LogP contribution in [0.15, 0.2) is 11.1 Å². The van der Waals surface area contributed by atoms with Crippen LogP contribution in [0.1, 0.15) is 54.4 Å². The fourth-order valence-corrected chi connectivity index (χ4v) is 5.95. The lowest BCUT2D eigenvalue weighted by molar-refractivity contribution is -0.117. The van der Waals surface area contributed by atoms with Crippen molar-refractivity contribution in [2.45, 2.75) is 64.3 Å². The number of ketones is 1. The van der Waals surface area contributed by atoms with Gasteiger partial charge in [0.1, 0.15) is 15.6 Å². The number of Topliss-reactive ketones (excluding diaryl/α,β-unsaturated/α-hetero) is 1. The average molecular weight is 401 g/mol. The van der Waals surface area contributed by atoms with Crippen LogP contribution < -0.4 is 0 Å². The summed E-state index contributed by atoms with van der Waals surface area (Å²) in [4.78, 5) is 23.6. The Morgan fingerprint density at radius 1 is 1.26 bits per heavy atom. The van der Waals surface area contributed by atoms with Crippen LogP contribution in [0, 0.1) is 13.8 Å². The van der Waals surface area contributed by atoms with Crippen LogP contribution in [0.3, 0.4) is 0 Å². The molecule has 0 atom stereocenters. The number of fused-ring (bicyclic) bond motifs is 3. The molecule has 27 heavy (non-hydrogen) atoms. The molecule has 0 aromatic carbocycles. The molecule has 0 aliphatic heterocycles. The molecule has 3 aromatic heterocycles. The molecule has 0 spiro atoms. The van der Waals surface area contributed by atoms with Crippen molar-refractivity contribution in [1.29, 1.82) is 0 Å². The van der Waals surface area contributed by atoms with Crippen LogP contribution in [0.4, 0.5) is 0 Å². The first kappa shape index (κ1) is 18.6. The highest BCUT2D eigenvalue weighted by Crippen LogP contribution is 2.40. The predicted octanol–water partition coefficient (Wildman–Crippen LogP) is 4.83. The highest BCUT2D eigenvalue weighted by molar-refractivity contribution is 7.99. The Bertz CT molecular complexity index is 1010. The van der Waals surface area contributed by atoms with Gasteiger partial charge in [-0.1, -0.05) is 0 Å². The van der Waals surface area contributed by atoms with E-state index in [1.165, 1.54) is 28.7 Å². The molecule has 0 unspecified atom stereocenters. The van der Waals surface area contributed by atoms with Gasteiger partial charge in [0.05, 0.1) is 5.69 Å². The van der Waals surface area contributed by atoms with Crippen molar-refractivity contribution in [2.24, 2.45) is 0 Å². The van der Waals surface area contributed by atoms with Gasteiger partial charge >= 0.3 is 0 Å². The van der Waals surface area contributed by atoms with E-state index in [0.29, 0.717) is 12.4 Å². The van der Waals surface area contributed by atoms with E-state index in [0.717, 1.165) is 46.3 Å². The molecule has 0 saturated heterocycles. The van der Waals surface area contributed by atoms with Gasteiger partial charge in [-0.2, -0.15) is 10.1 Å². The van der Waals surface area contributed by atoms with Crippen LogP contribution in [0.25, 0.3) is 16.2 Å². The number of aromatic nitrogens is 4. The largest absolute Gasteiger partial charge is 0.300 e. The summed E-state index contributed by atoms with van der Waals surface area (Å²) in [5.74, 6) is 1.80. The van der Waals surface area contributed by atoms with Crippen LogP contribution >= 0.6 is 23.1 Å². The van der Waals surface area contributed by atoms with Crippen molar-refractivity contribution >= 4 is 39.1 Å². The maximum absolute atomic E-state index is 11.3. The molecule has 0 radical (unpaired) electrons. The van der Waals surface area contributed by atoms with E-state index in [2.05, 4.69) is 5.10 Å². The minimum absolute atomic E-state index is 0.250. The van der Waals surface area contributed by atoms with Gasteiger partial charge < -0.3 is 4.79 Å². The highest BCUT2D eigenvalue weighted by Gasteiger charge is 2.22. The summed E-state index contributed by atoms with van der Waals surface area (Å²) in [5.41, 5.74) is 3.47. The van der Waals surface area contributed by atoms with Crippen LogP contribution in [-0.4, -0.2) is 31.3 Å². The van der Waals surface area contributed by atoms with Gasteiger partial charge in [0.15, 0.2) is 0 Å². The molecular weight excluding hydrogens is 376 g/mol. The summed E-state index contributed by atoms with van der Waals surface area (Å²) >= 11 is 3.57. The van der Waals surface area contributed by atoms with E-state index < -0.39 is 0 Å². The summed E-state index contributed by atoms with van der Waals surface area (Å²) in [6, 6.07) is 2.05. The molecule has 0 amide bonds. The second-order valence-electron chi connectivity index (χ2n) is 7.21. The Morgan fingerprint density at radius 2 is 2.07 bits per heavy atom. The first-order valence-corrected chi connectivity index (χ1v) is 11.3. The van der Waals surface area contributed by atoms with Crippen LogP contribution in [-0.2, 0) is 17.6 Å². The molecule has 0 saturated carbocycles. The lowest BCUT2D eigenvalue weighted by Crippen LogP contribution is -2.06. The molecule has 0 N–H and O–H groups in total. The summed E-state index contributed by atoms with van der Waals surface area (Å²) in [6.45, 7) is 5.68. The molecule has 4 rings (SSSR count). The summed E-state index contributed by atoms with van der Waals surface area (Å²) < 4.78 is 1.84. The number of hydrogen-bond acceptors (Lipinski definition) is 6. The number of carbonyl (C=O) groups is 1. The summed E-state index contributed by atoms with van der Waals surface area (Å²) in [6.07, 6.45) is 6.30. The number of nitrogens with zero attached hydrogens (tertiary/aromatic N) is 4. The second kappa shape index (κ2) is 7.72. The van der Waals surface area contributed by atoms with E-state index in [9.17, 15) is 4.79 Å². The zero-order valence-corrected chi connectivity index (χ0v) is 17.7. The smallest absolute Gasteiger partial charge is 0.253 e. The number of aryl methyl sites for hydroxylation is 4. The summed E-state index contributed by atoms with van der Waals surface area (Å²) in [5, 5.41) is 6.86. The third-order valence-corrected chi connectivity index (χ3v) is 7.13. The van der Waals surface area contributed by atoms with E-state index in [-0.39, 0.29) is 5.78 Å². The third kappa shape index (κ3) is 3.80. The Hall–Kier alpha value is -1.73. The Morgan fingerprint density at radius 3 is 2.81 bits per heavy atom. The zero-order chi connectivity index (χ0) is 19.0. The maximum atomic E-state index is 11.3. The van der Waals surface area contributed by atoms with E-state index in [1.54, 1.807) is 18.7 Å².